The van der Waals surface area contributed by atoms with Gasteiger partial charge in [0.1, 0.15) is 17.3 Å². The summed E-state index contributed by atoms with van der Waals surface area (Å²) in [6.07, 6.45) is 1.27. The van der Waals surface area contributed by atoms with Crippen molar-refractivity contribution in [3.05, 3.63) is 35.7 Å². The Morgan fingerprint density at radius 3 is 2.81 bits per heavy atom. The summed E-state index contributed by atoms with van der Waals surface area (Å²) >= 11 is 0. The second-order valence-corrected chi connectivity index (χ2v) is 6.71. The van der Waals surface area contributed by atoms with E-state index in [2.05, 4.69) is 9.97 Å². The average Bonchev–Trinajstić information content (AvgIpc) is 3.03. The fraction of sp³-hybridized carbons (Fsp3) is 0.421. The van der Waals surface area contributed by atoms with Crippen molar-refractivity contribution in [3.8, 4) is 17.1 Å². The van der Waals surface area contributed by atoms with Gasteiger partial charge in [-0.05, 0) is 38.8 Å². The molecule has 1 aliphatic rings. The summed E-state index contributed by atoms with van der Waals surface area (Å²) in [7, 11) is 1.60. The lowest BCUT2D eigenvalue weighted by Gasteiger charge is -2.36. The molecular weight excluding hydrogens is 334 g/mol. The lowest BCUT2D eigenvalue weighted by Crippen LogP contribution is -2.47. The molecular formula is C19H23N3O4. The van der Waals surface area contributed by atoms with E-state index < -0.39 is 11.9 Å². The molecule has 2 N–H and O–H groups in total. The number of aromatic amines is 1. The molecule has 3 rings (SSSR count). The van der Waals surface area contributed by atoms with Gasteiger partial charge in [0.2, 0.25) is 0 Å². The largest absolute Gasteiger partial charge is 0.497 e. The van der Waals surface area contributed by atoms with Crippen LogP contribution in [0.4, 0.5) is 0 Å². The zero-order valence-corrected chi connectivity index (χ0v) is 15.2. The predicted molar refractivity (Wildman–Crippen MR) is 96.2 cm³/mol. The standard InChI is InChI=1S/C19H23N3O4/c1-11-7-8-14(19(24)25)10-22(11)18(23)16-12(2)20-17(21-16)13-5-4-6-15(9-13)26-3/h4-6,9,11,14H,7-8,10H2,1-3H3,(H,20,21)(H,24,25). The van der Waals surface area contributed by atoms with E-state index in [1.165, 1.54) is 0 Å². The summed E-state index contributed by atoms with van der Waals surface area (Å²) in [5, 5.41) is 9.28. The lowest BCUT2D eigenvalue weighted by atomic mass is 9.93. The van der Waals surface area contributed by atoms with E-state index >= 15 is 0 Å². The number of piperidine rings is 1. The van der Waals surface area contributed by atoms with Gasteiger partial charge in [-0.15, -0.1) is 0 Å². The summed E-state index contributed by atoms with van der Waals surface area (Å²) in [6, 6.07) is 7.43. The predicted octanol–water partition coefficient (Wildman–Crippen LogP) is 2.72. The number of amides is 1. The van der Waals surface area contributed by atoms with E-state index in [1.807, 2.05) is 31.2 Å². The number of carbonyl (C=O) groups is 2. The summed E-state index contributed by atoms with van der Waals surface area (Å²) in [5.74, 6) is -0.313. The minimum absolute atomic E-state index is 0.00512. The monoisotopic (exact) mass is 357 g/mol. The Bertz CT molecular complexity index is 830. The van der Waals surface area contributed by atoms with Crippen LogP contribution in [0.5, 0.6) is 5.75 Å². The van der Waals surface area contributed by atoms with Crippen LogP contribution < -0.4 is 4.74 Å². The highest BCUT2D eigenvalue weighted by molar-refractivity contribution is 5.94. The molecule has 2 unspecified atom stereocenters. The number of carbonyl (C=O) groups excluding carboxylic acids is 1. The van der Waals surface area contributed by atoms with Gasteiger partial charge in [-0.25, -0.2) is 4.98 Å². The van der Waals surface area contributed by atoms with Crippen molar-refractivity contribution in [2.24, 2.45) is 5.92 Å². The number of likely N-dealkylation sites (tertiary alicyclic amines) is 1. The number of imidazole rings is 1. The number of ether oxygens (including phenoxy) is 1. The molecule has 1 aromatic heterocycles. The molecule has 138 valence electrons. The van der Waals surface area contributed by atoms with Crippen molar-refractivity contribution in [1.82, 2.24) is 14.9 Å². The van der Waals surface area contributed by atoms with E-state index in [1.54, 1.807) is 18.9 Å². The maximum Gasteiger partial charge on any atom is 0.308 e. The van der Waals surface area contributed by atoms with Crippen LogP contribution in [-0.4, -0.2) is 51.5 Å². The topological polar surface area (TPSA) is 95.5 Å². The highest BCUT2D eigenvalue weighted by atomic mass is 16.5. The Balaban J connectivity index is 1.88. The number of hydrogen-bond acceptors (Lipinski definition) is 4. The van der Waals surface area contributed by atoms with Crippen LogP contribution in [0.15, 0.2) is 24.3 Å². The minimum atomic E-state index is -0.856. The van der Waals surface area contributed by atoms with E-state index in [0.717, 1.165) is 5.56 Å². The third-order valence-electron chi connectivity index (χ3n) is 4.92. The molecule has 0 saturated carbocycles. The van der Waals surface area contributed by atoms with Crippen LogP contribution in [-0.2, 0) is 4.79 Å². The van der Waals surface area contributed by atoms with Crippen molar-refractivity contribution >= 4 is 11.9 Å². The Kier molecular flexibility index (Phi) is 4.97. The first-order chi connectivity index (χ1) is 12.4. The fourth-order valence-corrected chi connectivity index (χ4v) is 3.30. The summed E-state index contributed by atoms with van der Waals surface area (Å²) < 4.78 is 5.23. The number of carboxylic acid groups (broad SMARTS) is 1. The first-order valence-corrected chi connectivity index (χ1v) is 8.65. The molecule has 1 aromatic carbocycles. The number of aliphatic carboxylic acids is 1. The second kappa shape index (κ2) is 7.19. The van der Waals surface area contributed by atoms with Gasteiger partial charge in [0, 0.05) is 23.8 Å². The average molecular weight is 357 g/mol. The Hall–Kier alpha value is -2.83. The number of methoxy groups -OCH3 is 1. The van der Waals surface area contributed by atoms with Crippen LogP contribution in [0, 0.1) is 12.8 Å². The molecule has 2 heterocycles. The van der Waals surface area contributed by atoms with Gasteiger partial charge in [0.05, 0.1) is 13.0 Å². The number of nitrogens with one attached hydrogen (secondary N) is 1. The lowest BCUT2D eigenvalue weighted by molar-refractivity contribution is -0.143. The Morgan fingerprint density at radius 2 is 2.12 bits per heavy atom. The third-order valence-corrected chi connectivity index (χ3v) is 4.92. The van der Waals surface area contributed by atoms with Crippen LogP contribution in [0.1, 0.15) is 35.9 Å². The number of rotatable bonds is 4. The summed E-state index contributed by atoms with van der Waals surface area (Å²) in [5.41, 5.74) is 1.82. The molecule has 0 spiro atoms. The highest BCUT2D eigenvalue weighted by Crippen LogP contribution is 2.26. The quantitative estimate of drug-likeness (QED) is 0.877. The molecule has 2 aromatic rings. The first-order valence-electron chi connectivity index (χ1n) is 8.65. The van der Waals surface area contributed by atoms with Crippen LogP contribution >= 0.6 is 0 Å². The van der Waals surface area contributed by atoms with Crippen molar-refractivity contribution in [1.29, 1.82) is 0 Å². The molecule has 7 nitrogen and oxygen atoms in total. The summed E-state index contributed by atoms with van der Waals surface area (Å²) in [6.45, 7) is 3.96. The molecule has 7 heteroatoms. The van der Waals surface area contributed by atoms with Gasteiger partial charge in [0.25, 0.3) is 5.91 Å². The molecule has 2 atom stereocenters. The van der Waals surface area contributed by atoms with Crippen molar-refractivity contribution in [3.63, 3.8) is 0 Å². The summed E-state index contributed by atoms with van der Waals surface area (Å²) in [4.78, 5) is 33.6. The van der Waals surface area contributed by atoms with Crippen molar-refractivity contribution in [2.75, 3.05) is 13.7 Å². The van der Waals surface area contributed by atoms with E-state index in [0.29, 0.717) is 35.8 Å². The number of nitrogens with zero attached hydrogens (tertiary/aromatic N) is 2. The van der Waals surface area contributed by atoms with Crippen LogP contribution in [0.25, 0.3) is 11.4 Å². The second-order valence-electron chi connectivity index (χ2n) is 6.71. The number of hydrogen-bond donors (Lipinski definition) is 2. The molecule has 0 aliphatic carbocycles. The first kappa shape index (κ1) is 18.0. The zero-order valence-electron chi connectivity index (χ0n) is 15.2. The molecule has 0 radical (unpaired) electrons. The maximum atomic E-state index is 13.0. The normalized spacial score (nSPS) is 20.0. The van der Waals surface area contributed by atoms with Crippen molar-refractivity contribution in [2.45, 2.75) is 32.7 Å². The van der Waals surface area contributed by atoms with Gasteiger partial charge in [-0.2, -0.15) is 0 Å². The molecule has 1 amide bonds. The van der Waals surface area contributed by atoms with Gasteiger partial charge in [-0.3, -0.25) is 9.59 Å². The SMILES string of the molecule is COc1cccc(-c2nc(C(=O)N3CC(C(=O)O)CCC3C)c(C)[nH]2)c1. The van der Waals surface area contributed by atoms with Crippen molar-refractivity contribution < 1.29 is 19.4 Å². The molecule has 1 aliphatic heterocycles. The maximum absolute atomic E-state index is 13.0. The van der Waals surface area contributed by atoms with Gasteiger partial charge < -0.3 is 19.7 Å². The smallest absolute Gasteiger partial charge is 0.308 e. The molecule has 0 bridgehead atoms. The highest BCUT2D eigenvalue weighted by Gasteiger charge is 2.34. The molecule has 26 heavy (non-hydrogen) atoms. The van der Waals surface area contributed by atoms with E-state index in [9.17, 15) is 14.7 Å². The van der Waals surface area contributed by atoms with E-state index in [-0.39, 0.29) is 18.5 Å². The number of aryl methyl sites for hydroxylation is 1. The number of benzene rings is 1. The third kappa shape index (κ3) is 3.42. The molecule has 1 fully saturated rings. The number of H-pyrrole nitrogens is 1. The number of carboxylic acids is 1. The van der Waals surface area contributed by atoms with Crippen LogP contribution in [0.3, 0.4) is 0 Å². The van der Waals surface area contributed by atoms with E-state index in [4.69, 9.17) is 4.74 Å². The number of aromatic nitrogens is 2. The Labute approximate surface area is 152 Å². The van der Waals surface area contributed by atoms with Crippen LogP contribution in [0.2, 0.25) is 0 Å². The molecule has 1 saturated heterocycles. The zero-order chi connectivity index (χ0) is 18.8. The Morgan fingerprint density at radius 1 is 1.35 bits per heavy atom. The van der Waals surface area contributed by atoms with Gasteiger partial charge >= 0.3 is 5.97 Å². The minimum Gasteiger partial charge on any atom is -0.497 e. The van der Waals surface area contributed by atoms with Gasteiger partial charge in [0.15, 0.2) is 0 Å². The van der Waals surface area contributed by atoms with Gasteiger partial charge in [-0.1, -0.05) is 12.1 Å². The fourth-order valence-electron chi connectivity index (χ4n) is 3.30.